The molecule has 4 rings (SSSR count). The number of nitro benzene ring substituents is 1. The summed E-state index contributed by atoms with van der Waals surface area (Å²) < 4.78 is 17.3. The Labute approximate surface area is 240 Å². The number of hydrazone groups is 1. The molecule has 42 heavy (non-hydrogen) atoms. The standard InChI is InChI=1S/C26H30N10O6/c1-5-34(6-2)14-21-23(29-33-35(21)25-24(27)31-42-32-25)26(37)30-28-13-17-7-10-22(40-4)18(12-17)15-41-19-8-9-20(36(38)39)16(3)11-19/h7-13H,5-6,14-15H2,1-4H3,(H2,27,31)(H,30,37). The van der Waals surface area contributed by atoms with Crippen LogP contribution in [-0.2, 0) is 13.2 Å². The molecule has 4 aromatic rings. The summed E-state index contributed by atoms with van der Waals surface area (Å²) in [5, 5.41) is 30.6. The molecule has 0 bridgehead atoms. The lowest BCUT2D eigenvalue weighted by Gasteiger charge is -2.18. The van der Waals surface area contributed by atoms with Crippen LogP contribution in [-0.4, -0.2) is 67.5 Å². The number of aryl methyl sites for hydroxylation is 1. The van der Waals surface area contributed by atoms with Crippen molar-refractivity contribution in [1.82, 2.24) is 35.6 Å². The van der Waals surface area contributed by atoms with Gasteiger partial charge >= 0.3 is 0 Å². The van der Waals surface area contributed by atoms with Gasteiger partial charge in [0, 0.05) is 23.7 Å². The average molecular weight is 579 g/mol. The number of rotatable bonds is 13. The van der Waals surface area contributed by atoms with Gasteiger partial charge in [-0.25, -0.2) is 10.1 Å². The summed E-state index contributed by atoms with van der Waals surface area (Å²) in [6.07, 6.45) is 1.46. The van der Waals surface area contributed by atoms with E-state index < -0.39 is 10.8 Å². The molecule has 16 nitrogen and oxygen atoms in total. The normalized spacial score (nSPS) is 11.3. The molecule has 0 saturated heterocycles. The van der Waals surface area contributed by atoms with Crippen LogP contribution in [0.2, 0.25) is 0 Å². The molecule has 2 heterocycles. The third-order valence-corrected chi connectivity index (χ3v) is 6.39. The molecule has 3 N–H and O–H groups in total. The third kappa shape index (κ3) is 6.67. The van der Waals surface area contributed by atoms with Crippen LogP contribution < -0.4 is 20.6 Å². The average Bonchev–Trinajstić information content (AvgIpc) is 3.59. The SMILES string of the molecule is CCN(CC)Cc1c(C(=O)NN=Cc2ccc(OC)c(COc3ccc([N+](=O)[O-])c(C)c3)c2)nnn1-c1nonc1N. The number of carbonyl (C=O) groups is 1. The molecular formula is C26H30N10O6. The Balaban J connectivity index is 1.49. The van der Waals surface area contributed by atoms with Gasteiger partial charge < -0.3 is 15.2 Å². The molecule has 16 heteroatoms. The lowest BCUT2D eigenvalue weighted by molar-refractivity contribution is -0.385. The van der Waals surface area contributed by atoms with Crippen molar-refractivity contribution in [1.29, 1.82) is 0 Å². The maximum atomic E-state index is 13.1. The van der Waals surface area contributed by atoms with Crippen LogP contribution in [0.5, 0.6) is 11.5 Å². The fraction of sp³-hybridized carbons (Fsp3) is 0.308. The van der Waals surface area contributed by atoms with E-state index in [1.165, 1.54) is 30.1 Å². The van der Waals surface area contributed by atoms with Gasteiger partial charge in [0.15, 0.2) is 5.69 Å². The minimum Gasteiger partial charge on any atom is -0.496 e. The second kappa shape index (κ2) is 13.3. The Bertz CT molecular complexity index is 1590. The van der Waals surface area contributed by atoms with Gasteiger partial charge in [0.2, 0.25) is 11.6 Å². The predicted octanol–water partition coefficient (Wildman–Crippen LogP) is 2.64. The molecule has 0 radical (unpaired) electrons. The molecule has 0 aliphatic rings. The molecule has 2 aromatic carbocycles. The zero-order chi connectivity index (χ0) is 30.2. The van der Waals surface area contributed by atoms with Crippen molar-refractivity contribution in [3.63, 3.8) is 0 Å². The number of nitrogen functional groups attached to an aromatic ring is 1. The number of hydrogen-bond donors (Lipinski definition) is 2. The van der Waals surface area contributed by atoms with Gasteiger partial charge in [-0.1, -0.05) is 19.1 Å². The second-order valence-electron chi connectivity index (χ2n) is 9.00. The molecule has 0 spiro atoms. The number of nitrogens with zero attached hydrogens (tertiary/aromatic N) is 8. The summed E-state index contributed by atoms with van der Waals surface area (Å²) in [5.41, 5.74) is 10.7. The molecule has 0 aliphatic carbocycles. The number of benzene rings is 2. The first kappa shape index (κ1) is 29.6. The first-order valence-electron chi connectivity index (χ1n) is 12.9. The van der Waals surface area contributed by atoms with Gasteiger partial charge in [-0.3, -0.25) is 19.8 Å². The molecule has 1 amide bonds. The summed E-state index contributed by atoms with van der Waals surface area (Å²) >= 11 is 0. The minimum atomic E-state index is -0.583. The number of amides is 1. The highest BCUT2D eigenvalue weighted by atomic mass is 16.6. The van der Waals surface area contributed by atoms with E-state index in [0.29, 0.717) is 40.4 Å². The van der Waals surface area contributed by atoms with E-state index in [1.807, 2.05) is 13.8 Å². The predicted molar refractivity (Wildman–Crippen MR) is 150 cm³/mol. The van der Waals surface area contributed by atoms with Crippen molar-refractivity contribution in [2.75, 3.05) is 25.9 Å². The van der Waals surface area contributed by atoms with Crippen LogP contribution in [0.4, 0.5) is 11.5 Å². The molecule has 0 saturated carbocycles. The second-order valence-corrected chi connectivity index (χ2v) is 9.00. The Morgan fingerprint density at radius 2 is 2.02 bits per heavy atom. The van der Waals surface area contributed by atoms with Crippen LogP contribution in [0.15, 0.2) is 46.1 Å². The van der Waals surface area contributed by atoms with Gasteiger partial charge in [0.1, 0.15) is 18.1 Å². The highest BCUT2D eigenvalue weighted by molar-refractivity contribution is 5.94. The Morgan fingerprint density at radius 3 is 2.67 bits per heavy atom. The van der Waals surface area contributed by atoms with Crippen LogP contribution in [0, 0.1) is 17.0 Å². The largest absolute Gasteiger partial charge is 0.496 e. The summed E-state index contributed by atoms with van der Waals surface area (Å²) in [4.78, 5) is 25.8. The van der Waals surface area contributed by atoms with Crippen molar-refractivity contribution in [2.45, 2.75) is 33.9 Å². The van der Waals surface area contributed by atoms with Gasteiger partial charge in [-0.05, 0) is 66.2 Å². The zero-order valence-corrected chi connectivity index (χ0v) is 23.5. The van der Waals surface area contributed by atoms with Crippen LogP contribution >= 0.6 is 0 Å². The van der Waals surface area contributed by atoms with E-state index >= 15 is 0 Å². The summed E-state index contributed by atoms with van der Waals surface area (Å²) in [5.74, 6) is 0.607. The van der Waals surface area contributed by atoms with E-state index in [9.17, 15) is 14.9 Å². The van der Waals surface area contributed by atoms with E-state index in [4.69, 9.17) is 15.2 Å². The summed E-state index contributed by atoms with van der Waals surface area (Å²) in [7, 11) is 1.54. The molecule has 0 fully saturated rings. The van der Waals surface area contributed by atoms with Crippen LogP contribution in [0.1, 0.15) is 46.7 Å². The van der Waals surface area contributed by atoms with E-state index in [-0.39, 0.29) is 29.6 Å². The molecular weight excluding hydrogens is 548 g/mol. The van der Waals surface area contributed by atoms with Gasteiger partial charge in [-0.2, -0.15) is 9.78 Å². The van der Waals surface area contributed by atoms with Crippen molar-refractivity contribution < 1.29 is 23.8 Å². The monoisotopic (exact) mass is 578 g/mol. The number of anilines is 1. The van der Waals surface area contributed by atoms with Crippen molar-refractivity contribution in [2.24, 2.45) is 5.10 Å². The van der Waals surface area contributed by atoms with Crippen molar-refractivity contribution >= 4 is 23.6 Å². The highest BCUT2D eigenvalue weighted by Crippen LogP contribution is 2.26. The maximum absolute atomic E-state index is 13.1. The first-order chi connectivity index (χ1) is 20.2. The Morgan fingerprint density at radius 1 is 1.24 bits per heavy atom. The number of nitro groups is 1. The number of ether oxygens (including phenoxy) is 2. The highest BCUT2D eigenvalue weighted by Gasteiger charge is 2.25. The topological polar surface area (TPSA) is 202 Å². The maximum Gasteiger partial charge on any atom is 0.293 e. The van der Waals surface area contributed by atoms with Crippen LogP contribution in [0.3, 0.4) is 0 Å². The number of nitrogens with two attached hydrogens (primary N) is 1. The Kier molecular flexibility index (Phi) is 9.39. The van der Waals surface area contributed by atoms with Gasteiger partial charge in [0.25, 0.3) is 11.6 Å². The molecule has 0 unspecified atom stereocenters. The van der Waals surface area contributed by atoms with E-state index in [1.54, 1.807) is 31.2 Å². The van der Waals surface area contributed by atoms with Crippen molar-refractivity contribution in [3.05, 3.63) is 74.6 Å². The molecule has 0 aliphatic heterocycles. The molecule has 2 aromatic heterocycles. The first-order valence-corrected chi connectivity index (χ1v) is 12.9. The summed E-state index contributed by atoms with van der Waals surface area (Å²) in [6, 6.07) is 9.83. The molecule has 0 atom stereocenters. The lowest BCUT2D eigenvalue weighted by atomic mass is 10.1. The number of carbonyl (C=O) groups excluding carboxylic acids is 1. The van der Waals surface area contributed by atoms with Gasteiger partial charge in [0.05, 0.1) is 23.9 Å². The van der Waals surface area contributed by atoms with E-state index in [2.05, 4.69) is 40.7 Å². The lowest BCUT2D eigenvalue weighted by Crippen LogP contribution is -2.27. The van der Waals surface area contributed by atoms with E-state index in [0.717, 1.165) is 13.1 Å². The fourth-order valence-electron chi connectivity index (χ4n) is 4.08. The Hall–Kier alpha value is -5.38. The van der Waals surface area contributed by atoms with Crippen molar-refractivity contribution in [3.8, 4) is 17.3 Å². The zero-order valence-electron chi connectivity index (χ0n) is 23.5. The third-order valence-electron chi connectivity index (χ3n) is 6.39. The molecule has 220 valence electrons. The number of nitrogens with one attached hydrogen (secondary N) is 1. The van der Waals surface area contributed by atoms with Gasteiger partial charge in [-0.15, -0.1) is 5.10 Å². The minimum absolute atomic E-state index is 0.00804. The summed E-state index contributed by atoms with van der Waals surface area (Å²) in [6.45, 7) is 7.55. The smallest absolute Gasteiger partial charge is 0.293 e. The number of methoxy groups -OCH3 is 1. The number of hydrogen-bond acceptors (Lipinski definition) is 13. The number of aromatic nitrogens is 5. The van der Waals surface area contributed by atoms with Crippen LogP contribution in [0.25, 0.3) is 5.82 Å². The fourth-order valence-corrected chi connectivity index (χ4v) is 4.08. The quantitative estimate of drug-likeness (QED) is 0.134.